The minimum atomic E-state index is -0.758. The first-order chi connectivity index (χ1) is 14.9. The van der Waals surface area contributed by atoms with Gasteiger partial charge in [0.2, 0.25) is 0 Å². The van der Waals surface area contributed by atoms with Crippen LogP contribution in [0.15, 0.2) is 59.0 Å². The van der Waals surface area contributed by atoms with E-state index < -0.39 is 16.9 Å². The lowest BCUT2D eigenvalue weighted by molar-refractivity contribution is -0.384. The molecule has 0 aliphatic heterocycles. The molecule has 8 nitrogen and oxygen atoms in total. The van der Waals surface area contributed by atoms with Gasteiger partial charge in [0.15, 0.2) is 0 Å². The van der Waals surface area contributed by atoms with Gasteiger partial charge in [-0.2, -0.15) is 0 Å². The SMILES string of the molecule is CCOC(=O)c1c(C)oc2c1cc(OC(=O)c1cccc([N+](=O)[O-])c1)c1ccccc12. The minimum absolute atomic E-state index is 0.0346. The molecule has 156 valence electrons. The highest BCUT2D eigenvalue weighted by Gasteiger charge is 2.24. The molecule has 0 fully saturated rings. The summed E-state index contributed by atoms with van der Waals surface area (Å²) in [5, 5.41) is 12.7. The molecule has 1 heterocycles. The zero-order chi connectivity index (χ0) is 22.1. The number of carbonyl (C=O) groups is 2. The Morgan fingerprint density at radius 1 is 1.00 bits per heavy atom. The third-order valence-electron chi connectivity index (χ3n) is 4.81. The standard InChI is InChI=1S/C23H17NO7/c1-3-29-23(26)20-13(2)30-21-17-10-5-4-9-16(17)19(12-18(20)21)31-22(25)14-7-6-8-15(11-14)24(27)28/h4-12H,3H2,1-2H3. The number of aryl methyl sites for hydroxylation is 1. The molecule has 1 aromatic heterocycles. The molecule has 0 bridgehead atoms. The van der Waals surface area contributed by atoms with Crippen molar-refractivity contribution in [3.8, 4) is 5.75 Å². The van der Waals surface area contributed by atoms with Crippen LogP contribution in [0.2, 0.25) is 0 Å². The molecule has 31 heavy (non-hydrogen) atoms. The van der Waals surface area contributed by atoms with Crippen LogP contribution < -0.4 is 4.74 Å². The molecule has 0 unspecified atom stereocenters. The monoisotopic (exact) mass is 419 g/mol. The van der Waals surface area contributed by atoms with Crippen LogP contribution in [0.25, 0.3) is 21.7 Å². The number of nitrogens with zero attached hydrogens (tertiary/aromatic N) is 1. The summed E-state index contributed by atoms with van der Waals surface area (Å²) < 4.78 is 16.6. The highest BCUT2D eigenvalue weighted by atomic mass is 16.6. The van der Waals surface area contributed by atoms with Gasteiger partial charge in [-0.1, -0.05) is 30.3 Å². The molecule has 4 aromatic rings. The number of non-ortho nitro benzene ring substituents is 1. The van der Waals surface area contributed by atoms with Crippen molar-refractivity contribution in [2.24, 2.45) is 0 Å². The van der Waals surface area contributed by atoms with Gasteiger partial charge in [0.1, 0.15) is 22.7 Å². The molecule has 0 saturated heterocycles. The second kappa shape index (κ2) is 7.91. The summed E-state index contributed by atoms with van der Waals surface area (Å²) in [5.41, 5.74) is 0.554. The third kappa shape index (κ3) is 3.59. The van der Waals surface area contributed by atoms with Crippen molar-refractivity contribution in [2.45, 2.75) is 13.8 Å². The highest BCUT2D eigenvalue weighted by molar-refractivity contribution is 6.15. The van der Waals surface area contributed by atoms with E-state index in [0.29, 0.717) is 27.5 Å². The maximum absolute atomic E-state index is 12.7. The van der Waals surface area contributed by atoms with E-state index in [-0.39, 0.29) is 29.2 Å². The van der Waals surface area contributed by atoms with Crippen molar-refractivity contribution in [1.29, 1.82) is 0 Å². The van der Waals surface area contributed by atoms with Gasteiger partial charge >= 0.3 is 11.9 Å². The Bertz CT molecular complexity index is 1350. The van der Waals surface area contributed by atoms with Gasteiger partial charge in [-0.3, -0.25) is 10.1 Å². The average Bonchev–Trinajstić information content (AvgIpc) is 3.10. The zero-order valence-corrected chi connectivity index (χ0v) is 16.7. The highest BCUT2D eigenvalue weighted by Crippen LogP contribution is 2.38. The summed E-state index contributed by atoms with van der Waals surface area (Å²) in [4.78, 5) is 35.6. The van der Waals surface area contributed by atoms with Crippen LogP contribution in [-0.4, -0.2) is 23.5 Å². The third-order valence-corrected chi connectivity index (χ3v) is 4.81. The minimum Gasteiger partial charge on any atom is -0.462 e. The normalized spacial score (nSPS) is 10.9. The van der Waals surface area contributed by atoms with Crippen LogP contribution in [0.4, 0.5) is 5.69 Å². The van der Waals surface area contributed by atoms with Crippen molar-refractivity contribution in [3.05, 3.63) is 81.6 Å². The first-order valence-corrected chi connectivity index (χ1v) is 9.49. The second-order valence-corrected chi connectivity index (χ2v) is 6.75. The number of furan rings is 1. The number of nitro benzene ring substituents is 1. The maximum Gasteiger partial charge on any atom is 0.343 e. The Morgan fingerprint density at radius 3 is 2.45 bits per heavy atom. The number of esters is 2. The van der Waals surface area contributed by atoms with Gasteiger partial charge in [-0.25, -0.2) is 9.59 Å². The molecule has 0 aliphatic rings. The van der Waals surface area contributed by atoms with E-state index >= 15 is 0 Å². The number of benzene rings is 3. The van der Waals surface area contributed by atoms with E-state index in [2.05, 4.69) is 0 Å². The number of ether oxygens (including phenoxy) is 2. The molecule has 3 aromatic carbocycles. The first kappa shape index (κ1) is 20.1. The number of rotatable bonds is 5. The average molecular weight is 419 g/mol. The van der Waals surface area contributed by atoms with Crippen molar-refractivity contribution in [1.82, 2.24) is 0 Å². The largest absolute Gasteiger partial charge is 0.462 e. The van der Waals surface area contributed by atoms with Crippen LogP contribution >= 0.6 is 0 Å². The van der Waals surface area contributed by atoms with Gasteiger partial charge in [-0.05, 0) is 26.0 Å². The van der Waals surface area contributed by atoms with E-state index in [1.807, 2.05) is 0 Å². The number of hydrogen-bond donors (Lipinski definition) is 0. The van der Waals surface area contributed by atoms with Crippen LogP contribution in [0.3, 0.4) is 0 Å². The number of hydrogen-bond acceptors (Lipinski definition) is 7. The predicted octanol–water partition coefficient (Wildman–Crippen LogP) is 5.20. The summed E-state index contributed by atoms with van der Waals surface area (Å²) >= 11 is 0. The quantitative estimate of drug-likeness (QED) is 0.189. The summed E-state index contributed by atoms with van der Waals surface area (Å²) in [6.45, 7) is 3.57. The molecule has 0 spiro atoms. The summed E-state index contributed by atoms with van der Waals surface area (Å²) in [5.74, 6) is -0.706. The van der Waals surface area contributed by atoms with Crippen LogP contribution in [0.5, 0.6) is 5.75 Å². The number of fused-ring (bicyclic) bond motifs is 3. The van der Waals surface area contributed by atoms with E-state index in [9.17, 15) is 19.7 Å². The summed E-state index contributed by atoms with van der Waals surface area (Å²) in [6, 6.07) is 14.0. The molecule has 0 radical (unpaired) electrons. The van der Waals surface area contributed by atoms with Crippen LogP contribution in [0, 0.1) is 17.0 Å². The fourth-order valence-corrected chi connectivity index (χ4v) is 3.45. The van der Waals surface area contributed by atoms with E-state index in [1.54, 1.807) is 44.2 Å². The second-order valence-electron chi connectivity index (χ2n) is 6.75. The van der Waals surface area contributed by atoms with E-state index in [4.69, 9.17) is 13.9 Å². The zero-order valence-electron chi connectivity index (χ0n) is 16.7. The Hall–Kier alpha value is -4.20. The summed E-state index contributed by atoms with van der Waals surface area (Å²) in [7, 11) is 0. The molecule has 0 amide bonds. The maximum atomic E-state index is 12.7. The van der Waals surface area contributed by atoms with Crippen molar-refractivity contribution in [3.63, 3.8) is 0 Å². The molecule has 8 heteroatoms. The Morgan fingerprint density at radius 2 is 1.74 bits per heavy atom. The molecule has 4 rings (SSSR count). The van der Waals surface area contributed by atoms with Crippen molar-refractivity contribution < 1.29 is 28.4 Å². The fourth-order valence-electron chi connectivity index (χ4n) is 3.45. The van der Waals surface area contributed by atoms with Crippen LogP contribution in [-0.2, 0) is 4.74 Å². The van der Waals surface area contributed by atoms with Gasteiger partial charge in [0.25, 0.3) is 5.69 Å². The lowest BCUT2D eigenvalue weighted by atomic mass is 10.0. The Kier molecular flexibility index (Phi) is 5.12. The van der Waals surface area contributed by atoms with Gasteiger partial charge in [-0.15, -0.1) is 0 Å². The van der Waals surface area contributed by atoms with Gasteiger partial charge in [0, 0.05) is 28.3 Å². The topological polar surface area (TPSA) is 109 Å². The van der Waals surface area contributed by atoms with Crippen molar-refractivity contribution in [2.75, 3.05) is 6.61 Å². The van der Waals surface area contributed by atoms with Gasteiger partial charge in [0.05, 0.1) is 17.1 Å². The Labute approximate surface area is 176 Å². The summed E-state index contributed by atoms with van der Waals surface area (Å²) in [6.07, 6.45) is 0. The molecule has 0 saturated carbocycles. The van der Waals surface area contributed by atoms with Crippen molar-refractivity contribution >= 4 is 39.4 Å². The molecule has 0 N–H and O–H groups in total. The van der Waals surface area contributed by atoms with E-state index in [0.717, 1.165) is 6.07 Å². The predicted molar refractivity (Wildman–Crippen MR) is 112 cm³/mol. The lowest BCUT2D eigenvalue weighted by Gasteiger charge is -2.09. The fraction of sp³-hybridized carbons (Fsp3) is 0.130. The molecule has 0 atom stereocenters. The van der Waals surface area contributed by atoms with Gasteiger partial charge < -0.3 is 13.9 Å². The molecular weight excluding hydrogens is 402 g/mol. The number of nitro groups is 1. The molecular formula is C23H17NO7. The smallest absolute Gasteiger partial charge is 0.343 e. The number of carbonyl (C=O) groups excluding carboxylic acids is 2. The van der Waals surface area contributed by atoms with Crippen LogP contribution in [0.1, 0.15) is 33.4 Å². The Balaban J connectivity index is 1.86. The first-order valence-electron chi connectivity index (χ1n) is 9.49. The van der Waals surface area contributed by atoms with E-state index in [1.165, 1.54) is 18.2 Å². The molecule has 0 aliphatic carbocycles. The lowest BCUT2D eigenvalue weighted by Crippen LogP contribution is -2.09.